The Morgan fingerprint density at radius 1 is 1.11 bits per heavy atom. The number of carbonyl (C=O) groups excluding carboxylic acids is 1. The number of benzene rings is 2. The summed E-state index contributed by atoms with van der Waals surface area (Å²) < 4.78 is 4.77. The largest absolute Gasteiger partial charge is 0.464 e. The maximum absolute atomic E-state index is 12.0. The number of carbonyl (C=O) groups is 1. The Balaban J connectivity index is 2.21. The molecule has 0 heterocycles. The van der Waals surface area contributed by atoms with E-state index in [4.69, 9.17) is 26.0 Å². The summed E-state index contributed by atoms with van der Waals surface area (Å²) in [7, 11) is 2.65. The van der Waals surface area contributed by atoms with Gasteiger partial charge in [0.25, 0.3) is 0 Å². The van der Waals surface area contributed by atoms with Crippen molar-refractivity contribution in [3.05, 3.63) is 69.7 Å². The molecule has 0 saturated heterocycles. The zero-order valence-electron chi connectivity index (χ0n) is 15.7. The summed E-state index contributed by atoms with van der Waals surface area (Å²) in [5, 5.41) is 8.57. The SMILES string of the molecule is CO/N=C(/C(=O)OC)c1ccccc1CO/N=C(\C)c1cc(C)cc(Cl)c1. The number of methoxy groups -OCH3 is 1. The standard InChI is InChI=1S/C20H21ClN2O4/c1-13-9-16(11-17(21)10-13)14(2)22-27-12-15-7-5-6-8-18(15)19(23-26-4)20(24)25-3/h5-11H,12H2,1-4H3/b22-14+,23-19+. The second-order valence-electron chi connectivity index (χ2n) is 5.74. The second kappa shape index (κ2) is 9.73. The topological polar surface area (TPSA) is 69.5 Å². The molecule has 0 aliphatic heterocycles. The Morgan fingerprint density at radius 3 is 2.52 bits per heavy atom. The average molecular weight is 389 g/mol. The monoisotopic (exact) mass is 388 g/mol. The van der Waals surface area contributed by atoms with E-state index in [1.54, 1.807) is 12.1 Å². The first-order chi connectivity index (χ1) is 13.0. The number of hydrogen-bond acceptors (Lipinski definition) is 6. The summed E-state index contributed by atoms with van der Waals surface area (Å²) in [6.07, 6.45) is 0. The van der Waals surface area contributed by atoms with Crippen molar-refractivity contribution in [1.29, 1.82) is 0 Å². The molecule has 0 aliphatic carbocycles. The first-order valence-corrected chi connectivity index (χ1v) is 8.56. The van der Waals surface area contributed by atoms with E-state index in [1.807, 2.05) is 44.2 Å². The number of rotatable bonds is 7. The number of nitrogens with zero attached hydrogens (tertiary/aromatic N) is 2. The van der Waals surface area contributed by atoms with Crippen LogP contribution >= 0.6 is 11.6 Å². The highest BCUT2D eigenvalue weighted by Crippen LogP contribution is 2.16. The molecule has 0 N–H and O–H groups in total. The Morgan fingerprint density at radius 2 is 1.85 bits per heavy atom. The molecule has 0 aromatic heterocycles. The van der Waals surface area contributed by atoms with Crippen molar-refractivity contribution in [2.75, 3.05) is 14.2 Å². The van der Waals surface area contributed by atoms with Gasteiger partial charge >= 0.3 is 5.97 Å². The maximum Gasteiger partial charge on any atom is 0.360 e. The van der Waals surface area contributed by atoms with Crippen molar-refractivity contribution in [1.82, 2.24) is 0 Å². The van der Waals surface area contributed by atoms with E-state index >= 15 is 0 Å². The smallest absolute Gasteiger partial charge is 0.360 e. The van der Waals surface area contributed by atoms with Crippen LogP contribution in [0.3, 0.4) is 0 Å². The van der Waals surface area contributed by atoms with E-state index in [9.17, 15) is 4.79 Å². The fraction of sp³-hybridized carbons (Fsp3) is 0.250. The van der Waals surface area contributed by atoms with E-state index in [0.29, 0.717) is 16.3 Å². The van der Waals surface area contributed by atoms with Crippen molar-refractivity contribution in [3.63, 3.8) is 0 Å². The molecular formula is C20H21ClN2O4. The summed E-state index contributed by atoms with van der Waals surface area (Å²) in [6.45, 7) is 3.94. The van der Waals surface area contributed by atoms with Crippen LogP contribution in [0.15, 0.2) is 52.8 Å². The lowest BCUT2D eigenvalue weighted by Gasteiger charge is -2.10. The molecule has 0 saturated carbocycles. The Bertz CT molecular complexity index is 858. The van der Waals surface area contributed by atoms with Crippen molar-refractivity contribution in [2.45, 2.75) is 20.5 Å². The third-order valence-corrected chi connectivity index (χ3v) is 3.93. The van der Waals surface area contributed by atoms with Crippen LogP contribution in [0.1, 0.15) is 29.2 Å². The molecule has 0 amide bonds. The summed E-state index contributed by atoms with van der Waals surface area (Å²) in [5.41, 5.74) is 3.94. The minimum Gasteiger partial charge on any atom is -0.464 e. The van der Waals surface area contributed by atoms with Crippen LogP contribution in [-0.4, -0.2) is 31.6 Å². The van der Waals surface area contributed by atoms with Gasteiger partial charge in [-0.05, 0) is 37.6 Å². The minimum absolute atomic E-state index is 0.0605. The molecule has 6 nitrogen and oxygen atoms in total. The molecular weight excluding hydrogens is 368 g/mol. The molecule has 0 aliphatic rings. The van der Waals surface area contributed by atoms with Crippen LogP contribution in [-0.2, 0) is 25.8 Å². The van der Waals surface area contributed by atoms with Gasteiger partial charge in [-0.15, -0.1) is 0 Å². The Kier molecular flexibility index (Phi) is 7.37. The van der Waals surface area contributed by atoms with Gasteiger partial charge in [-0.2, -0.15) is 0 Å². The third kappa shape index (κ3) is 5.56. The van der Waals surface area contributed by atoms with Gasteiger partial charge in [-0.25, -0.2) is 4.79 Å². The molecule has 0 atom stereocenters. The Labute approximate surface area is 163 Å². The van der Waals surface area contributed by atoms with Gasteiger partial charge in [0.05, 0.1) is 12.8 Å². The molecule has 0 bridgehead atoms. The van der Waals surface area contributed by atoms with Gasteiger partial charge in [-0.1, -0.05) is 46.2 Å². The quantitative estimate of drug-likeness (QED) is 0.406. The van der Waals surface area contributed by atoms with Crippen molar-refractivity contribution < 1.29 is 19.2 Å². The number of halogens is 1. The fourth-order valence-corrected chi connectivity index (χ4v) is 2.75. The lowest BCUT2D eigenvalue weighted by molar-refractivity contribution is -0.132. The fourth-order valence-electron chi connectivity index (χ4n) is 2.46. The van der Waals surface area contributed by atoms with Crippen molar-refractivity contribution in [3.8, 4) is 0 Å². The molecule has 0 radical (unpaired) electrons. The van der Waals surface area contributed by atoms with Gasteiger partial charge in [0.1, 0.15) is 13.7 Å². The summed E-state index contributed by atoms with van der Waals surface area (Å²) in [4.78, 5) is 22.2. The van der Waals surface area contributed by atoms with Gasteiger partial charge < -0.3 is 14.4 Å². The number of esters is 1. The van der Waals surface area contributed by atoms with Gasteiger partial charge in [0, 0.05) is 21.7 Å². The molecule has 2 aromatic rings. The minimum atomic E-state index is -0.599. The Hall–Kier alpha value is -2.86. The number of ether oxygens (including phenoxy) is 1. The van der Waals surface area contributed by atoms with Crippen LogP contribution < -0.4 is 0 Å². The first-order valence-electron chi connectivity index (χ1n) is 8.18. The molecule has 0 spiro atoms. The average Bonchev–Trinajstić information content (AvgIpc) is 2.65. The summed E-state index contributed by atoms with van der Waals surface area (Å²) in [6, 6.07) is 12.9. The molecule has 27 heavy (non-hydrogen) atoms. The zero-order valence-corrected chi connectivity index (χ0v) is 16.4. The molecule has 0 fully saturated rings. The maximum atomic E-state index is 12.0. The predicted molar refractivity (Wildman–Crippen MR) is 105 cm³/mol. The first kappa shape index (κ1) is 20.5. The molecule has 0 unspecified atom stereocenters. The van der Waals surface area contributed by atoms with Crippen LogP contribution in [0.5, 0.6) is 0 Å². The van der Waals surface area contributed by atoms with E-state index in [2.05, 4.69) is 10.3 Å². The number of oxime groups is 2. The highest BCUT2D eigenvalue weighted by molar-refractivity contribution is 6.43. The van der Waals surface area contributed by atoms with Gasteiger partial charge in [-0.3, -0.25) is 0 Å². The van der Waals surface area contributed by atoms with Crippen molar-refractivity contribution >= 4 is 29.0 Å². The lowest BCUT2D eigenvalue weighted by Crippen LogP contribution is -2.19. The lowest BCUT2D eigenvalue weighted by atomic mass is 10.0. The summed E-state index contributed by atoms with van der Waals surface area (Å²) in [5.74, 6) is -0.599. The van der Waals surface area contributed by atoms with E-state index < -0.39 is 5.97 Å². The molecule has 2 rings (SSSR count). The third-order valence-electron chi connectivity index (χ3n) is 3.72. The second-order valence-corrected chi connectivity index (χ2v) is 6.18. The van der Waals surface area contributed by atoms with E-state index in [1.165, 1.54) is 14.2 Å². The van der Waals surface area contributed by atoms with Gasteiger partial charge in [0.15, 0.2) is 5.71 Å². The van der Waals surface area contributed by atoms with Crippen molar-refractivity contribution in [2.24, 2.45) is 10.3 Å². The number of hydrogen-bond donors (Lipinski definition) is 0. The number of aryl methyl sites for hydroxylation is 1. The highest BCUT2D eigenvalue weighted by Gasteiger charge is 2.19. The molecule has 7 heteroatoms. The van der Waals surface area contributed by atoms with Gasteiger partial charge in [0.2, 0.25) is 0 Å². The molecule has 2 aromatic carbocycles. The highest BCUT2D eigenvalue weighted by atomic mass is 35.5. The van der Waals surface area contributed by atoms with Crippen LogP contribution in [0.2, 0.25) is 5.02 Å². The molecule has 142 valence electrons. The van der Waals surface area contributed by atoms with Crippen LogP contribution in [0.4, 0.5) is 0 Å². The van der Waals surface area contributed by atoms with E-state index in [0.717, 1.165) is 16.7 Å². The zero-order chi connectivity index (χ0) is 19.8. The van der Waals surface area contributed by atoms with Crippen LogP contribution in [0.25, 0.3) is 0 Å². The predicted octanol–water partition coefficient (Wildman–Crippen LogP) is 4.11. The summed E-state index contributed by atoms with van der Waals surface area (Å²) >= 11 is 6.09. The van der Waals surface area contributed by atoms with E-state index in [-0.39, 0.29) is 12.3 Å². The van der Waals surface area contributed by atoms with Crippen LogP contribution in [0, 0.1) is 6.92 Å². The normalized spacial score (nSPS) is 11.9.